The molecule has 2 aromatic rings. The smallest absolute Gasteiger partial charge is 0.273 e. The van der Waals surface area contributed by atoms with Crippen LogP contribution in [0.5, 0.6) is 0 Å². The minimum absolute atomic E-state index is 0.124. The molecule has 0 unspecified atom stereocenters. The highest BCUT2D eigenvalue weighted by Gasteiger charge is 2.14. The molecular weight excluding hydrogens is 280 g/mol. The summed E-state index contributed by atoms with van der Waals surface area (Å²) >= 11 is 0. The monoisotopic (exact) mass is 295 g/mol. The molecule has 2 rings (SSSR count). The van der Waals surface area contributed by atoms with Gasteiger partial charge in [0.1, 0.15) is 11.9 Å². The van der Waals surface area contributed by atoms with E-state index in [0.29, 0.717) is 5.82 Å². The molecule has 0 saturated carbocycles. The zero-order valence-corrected chi connectivity index (χ0v) is 12.0. The van der Waals surface area contributed by atoms with E-state index >= 15 is 0 Å². The topological polar surface area (TPSA) is 85.9 Å². The predicted molar refractivity (Wildman–Crippen MR) is 71.0 cm³/mol. The lowest BCUT2D eigenvalue weighted by molar-refractivity contribution is -0.750. The van der Waals surface area contributed by atoms with E-state index in [1.54, 1.807) is 24.7 Å². The van der Waals surface area contributed by atoms with Crippen molar-refractivity contribution in [2.45, 2.75) is 13.5 Å². The average Bonchev–Trinajstić information content (AvgIpc) is 2.46. The molecule has 106 valence electrons. The Morgan fingerprint density at radius 1 is 1.35 bits per heavy atom. The van der Waals surface area contributed by atoms with Crippen molar-refractivity contribution in [2.24, 2.45) is 0 Å². The van der Waals surface area contributed by atoms with Gasteiger partial charge in [-0.1, -0.05) is 4.68 Å². The molecule has 8 heteroatoms. The number of aromatic nitrogens is 4. The van der Waals surface area contributed by atoms with Crippen LogP contribution in [0.2, 0.25) is 0 Å². The third-order valence-corrected chi connectivity index (χ3v) is 3.84. The van der Waals surface area contributed by atoms with Crippen LogP contribution in [0.15, 0.2) is 30.7 Å². The summed E-state index contributed by atoms with van der Waals surface area (Å²) in [5, 5.41) is 4.14. The van der Waals surface area contributed by atoms with Crippen molar-refractivity contribution < 1.29 is 17.3 Å². The van der Waals surface area contributed by atoms with Crippen LogP contribution in [-0.4, -0.2) is 36.3 Å². The first kappa shape index (κ1) is 14.5. The highest BCUT2D eigenvalue weighted by atomic mass is 32.2. The largest absolute Gasteiger partial charge is 0.273 e. The summed E-state index contributed by atoms with van der Waals surface area (Å²) in [5.41, 5.74) is 1.65. The van der Waals surface area contributed by atoms with Crippen molar-refractivity contribution in [3.05, 3.63) is 36.4 Å². The first-order valence-electron chi connectivity index (χ1n) is 5.94. The van der Waals surface area contributed by atoms with Gasteiger partial charge in [0, 0.05) is 23.5 Å². The maximum Gasteiger partial charge on any atom is 0.273 e. The Morgan fingerprint density at radius 2 is 2.15 bits per heavy atom. The van der Waals surface area contributed by atoms with E-state index in [0.717, 1.165) is 18.4 Å². The Kier molecular flexibility index (Phi) is 4.35. The summed E-state index contributed by atoms with van der Waals surface area (Å²) in [6.07, 6.45) is 4.98. The lowest BCUT2D eigenvalue weighted by Gasteiger charge is -2.00. The van der Waals surface area contributed by atoms with Gasteiger partial charge in [-0.05, 0) is 18.1 Å². The van der Waals surface area contributed by atoms with E-state index in [2.05, 4.69) is 19.2 Å². The molecule has 0 saturated heterocycles. The first-order valence-corrected chi connectivity index (χ1v) is 7.52. The number of hydrogen-bond donors (Lipinski definition) is 0. The van der Waals surface area contributed by atoms with Gasteiger partial charge in [-0.3, -0.25) is 4.18 Å². The molecule has 0 aromatic carbocycles. The van der Waals surface area contributed by atoms with E-state index in [-0.39, 0.29) is 12.3 Å². The normalized spacial score (nSPS) is 11.5. The van der Waals surface area contributed by atoms with Gasteiger partial charge in [-0.15, -0.1) is 0 Å². The average molecular weight is 295 g/mol. The third kappa shape index (κ3) is 3.78. The van der Waals surface area contributed by atoms with Crippen LogP contribution in [0.1, 0.15) is 5.69 Å². The Balaban J connectivity index is 2.11. The number of aryl methyl sites for hydroxylation is 2. The summed E-state index contributed by atoms with van der Waals surface area (Å²) in [7, 11) is -2.33. The quantitative estimate of drug-likeness (QED) is 0.575. The minimum Gasteiger partial charge on any atom is -0.273 e. The Labute approximate surface area is 117 Å². The van der Waals surface area contributed by atoms with Crippen LogP contribution in [0, 0.1) is 6.92 Å². The Hall–Kier alpha value is -1.93. The van der Waals surface area contributed by atoms with Crippen LogP contribution >= 0.6 is 0 Å². The van der Waals surface area contributed by atoms with Crippen molar-refractivity contribution in [2.75, 3.05) is 12.9 Å². The number of nitrogens with zero attached hydrogens (tertiary/aromatic N) is 4. The van der Waals surface area contributed by atoms with Gasteiger partial charge in [0.25, 0.3) is 10.1 Å². The van der Waals surface area contributed by atoms with Crippen molar-refractivity contribution in [3.8, 4) is 11.4 Å². The highest BCUT2D eigenvalue weighted by Crippen LogP contribution is 2.10. The summed E-state index contributed by atoms with van der Waals surface area (Å²) in [6, 6.07) is 3.61. The molecule has 0 aliphatic rings. The molecule has 0 N–H and O–H groups in total. The Bertz CT molecular complexity index is 686. The predicted octanol–water partition coefficient (Wildman–Crippen LogP) is 0.111. The number of hydrogen-bond acceptors (Lipinski definition) is 6. The van der Waals surface area contributed by atoms with Crippen molar-refractivity contribution in [1.29, 1.82) is 0 Å². The van der Waals surface area contributed by atoms with Crippen LogP contribution in [0.4, 0.5) is 0 Å². The minimum atomic E-state index is -3.47. The SMILES string of the molecule is COS(=O)(=O)CC[n+]1ccc(-c2nccc(C)n2)cn1. The van der Waals surface area contributed by atoms with Crippen LogP contribution < -0.4 is 4.68 Å². The molecule has 0 aliphatic heterocycles. The molecule has 0 fully saturated rings. The molecule has 0 bridgehead atoms. The molecule has 7 nitrogen and oxygen atoms in total. The van der Waals surface area contributed by atoms with Crippen LogP contribution in [-0.2, 0) is 20.8 Å². The van der Waals surface area contributed by atoms with Gasteiger partial charge in [0.05, 0.1) is 7.11 Å². The van der Waals surface area contributed by atoms with Gasteiger partial charge < -0.3 is 0 Å². The van der Waals surface area contributed by atoms with E-state index < -0.39 is 10.1 Å². The highest BCUT2D eigenvalue weighted by molar-refractivity contribution is 7.86. The second kappa shape index (κ2) is 6.02. The molecule has 0 amide bonds. The molecule has 0 aliphatic carbocycles. The summed E-state index contributed by atoms with van der Waals surface area (Å²) in [5.74, 6) is 0.468. The van der Waals surface area contributed by atoms with Crippen LogP contribution in [0.3, 0.4) is 0 Å². The number of rotatable bonds is 5. The van der Waals surface area contributed by atoms with Crippen molar-refractivity contribution in [3.63, 3.8) is 0 Å². The van der Waals surface area contributed by atoms with E-state index in [1.807, 2.05) is 13.0 Å². The van der Waals surface area contributed by atoms with Gasteiger partial charge in [0.15, 0.2) is 18.6 Å². The van der Waals surface area contributed by atoms with E-state index in [9.17, 15) is 8.42 Å². The van der Waals surface area contributed by atoms with Gasteiger partial charge in [0.2, 0.25) is 0 Å². The van der Waals surface area contributed by atoms with Gasteiger partial charge in [-0.25, -0.2) is 9.97 Å². The maximum atomic E-state index is 11.2. The fourth-order valence-electron chi connectivity index (χ4n) is 1.53. The standard InChI is InChI=1S/C12H15N4O3S/c1-10-3-5-13-12(15-10)11-4-6-16(14-9-11)7-8-20(17,18)19-2/h3-6,9H,7-8H2,1-2H3/q+1. The zero-order chi connectivity index (χ0) is 14.6. The van der Waals surface area contributed by atoms with Crippen molar-refractivity contribution >= 4 is 10.1 Å². The molecular formula is C12H15N4O3S+. The molecule has 2 aromatic heterocycles. The third-order valence-electron chi connectivity index (χ3n) is 2.65. The lowest BCUT2D eigenvalue weighted by atomic mass is 10.3. The fourth-order valence-corrected chi connectivity index (χ4v) is 2.10. The lowest BCUT2D eigenvalue weighted by Crippen LogP contribution is -2.40. The van der Waals surface area contributed by atoms with Crippen LogP contribution in [0.25, 0.3) is 11.4 Å². The fraction of sp³-hybridized carbons (Fsp3) is 0.333. The molecule has 2 heterocycles. The molecule has 0 atom stereocenters. The second-order valence-corrected chi connectivity index (χ2v) is 5.99. The van der Waals surface area contributed by atoms with E-state index in [4.69, 9.17) is 0 Å². The first-order chi connectivity index (χ1) is 9.50. The molecule has 0 spiro atoms. The second-order valence-electron chi connectivity index (χ2n) is 4.13. The van der Waals surface area contributed by atoms with Gasteiger partial charge in [-0.2, -0.15) is 8.42 Å². The maximum absolute atomic E-state index is 11.2. The van der Waals surface area contributed by atoms with E-state index in [1.165, 1.54) is 4.68 Å². The van der Waals surface area contributed by atoms with Gasteiger partial charge >= 0.3 is 0 Å². The summed E-state index contributed by atoms with van der Waals surface area (Å²) in [6.45, 7) is 2.11. The van der Waals surface area contributed by atoms with Crippen molar-refractivity contribution in [1.82, 2.24) is 15.1 Å². The zero-order valence-electron chi connectivity index (χ0n) is 11.2. The molecule has 20 heavy (non-hydrogen) atoms. The summed E-state index contributed by atoms with van der Waals surface area (Å²) in [4.78, 5) is 8.46. The molecule has 0 radical (unpaired) electrons. The Morgan fingerprint density at radius 3 is 2.75 bits per heavy atom. The summed E-state index contributed by atoms with van der Waals surface area (Å²) < 4.78 is 28.3.